The lowest BCUT2D eigenvalue weighted by atomic mass is 10.1. The van der Waals surface area contributed by atoms with E-state index in [0.717, 1.165) is 13.0 Å². The number of allylic oxidation sites excluding steroid dienone is 2. The van der Waals surface area contributed by atoms with Crippen molar-refractivity contribution in [2.24, 2.45) is 4.99 Å². The van der Waals surface area contributed by atoms with Gasteiger partial charge in [-0.25, -0.2) is 4.99 Å². The number of aliphatic hydroxyl groups excluding tert-OH is 1. The first kappa shape index (κ1) is 6.85. The van der Waals surface area contributed by atoms with Gasteiger partial charge in [-0.05, 0) is 25.3 Å². The van der Waals surface area contributed by atoms with E-state index in [9.17, 15) is 5.11 Å². The molecule has 3 heteroatoms. The molecule has 0 bridgehead atoms. The second-order valence-corrected chi connectivity index (χ2v) is 2.95. The van der Waals surface area contributed by atoms with Crippen molar-refractivity contribution in [3.8, 4) is 0 Å². The highest BCUT2D eigenvalue weighted by atomic mass is 16.3. The fourth-order valence-electron chi connectivity index (χ4n) is 1.60. The minimum absolute atomic E-state index is 0.615. The summed E-state index contributed by atoms with van der Waals surface area (Å²) in [6.07, 6.45) is 6.57. The Morgan fingerprint density at radius 1 is 1.55 bits per heavy atom. The fraction of sp³-hybridized carbons (Fsp3) is 0.625. The highest BCUT2D eigenvalue weighted by molar-refractivity contribution is 5.73. The minimum atomic E-state index is -0.615. The molecule has 2 heterocycles. The van der Waals surface area contributed by atoms with E-state index in [2.05, 4.69) is 4.99 Å². The molecule has 0 aromatic rings. The molecule has 0 amide bonds. The maximum Gasteiger partial charge on any atom is 0.225 e. The lowest BCUT2D eigenvalue weighted by Crippen LogP contribution is -2.38. The zero-order valence-electron chi connectivity index (χ0n) is 6.40. The molecule has 11 heavy (non-hydrogen) atoms. The Balaban J connectivity index is 2.18. The molecule has 1 saturated heterocycles. The van der Waals surface area contributed by atoms with Gasteiger partial charge in [-0.15, -0.1) is 0 Å². The van der Waals surface area contributed by atoms with Gasteiger partial charge in [0, 0.05) is 18.5 Å². The van der Waals surface area contributed by atoms with E-state index in [1.807, 2.05) is 11.0 Å². The van der Waals surface area contributed by atoms with Gasteiger partial charge in [-0.2, -0.15) is 0 Å². The molecule has 0 aromatic carbocycles. The third-order valence-electron chi connectivity index (χ3n) is 2.22. The molecule has 1 fully saturated rings. The summed E-state index contributed by atoms with van der Waals surface area (Å²) in [7, 11) is 0. The van der Waals surface area contributed by atoms with Crippen LogP contribution in [0, 0.1) is 0 Å². The Morgan fingerprint density at radius 2 is 2.45 bits per heavy atom. The number of piperidine rings is 1. The highest BCUT2D eigenvalue weighted by Crippen LogP contribution is 2.23. The summed E-state index contributed by atoms with van der Waals surface area (Å²) < 4.78 is 0. The molecule has 0 aromatic heterocycles. The van der Waals surface area contributed by atoms with Crippen LogP contribution >= 0.6 is 0 Å². The van der Waals surface area contributed by atoms with Gasteiger partial charge < -0.3 is 10.0 Å². The lowest BCUT2D eigenvalue weighted by molar-refractivity contribution is 0.0234. The van der Waals surface area contributed by atoms with E-state index < -0.39 is 6.35 Å². The van der Waals surface area contributed by atoms with E-state index in [4.69, 9.17) is 0 Å². The van der Waals surface area contributed by atoms with E-state index >= 15 is 0 Å². The monoisotopic (exact) mass is 152 g/mol. The first-order valence-electron chi connectivity index (χ1n) is 4.05. The topological polar surface area (TPSA) is 35.8 Å². The van der Waals surface area contributed by atoms with E-state index in [1.54, 1.807) is 6.21 Å². The maximum atomic E-state index is 9.39. The van der Waals surface area contributed by atoms with Crippen molar-refractivity contribution < 1.29 is 5.11 Å². The van der Waals surface area contributed by atoms with Crippen LogP contribution in [0.2, 0.25) is 0 Å². The molecular formula is C8H12N2O. The van der Waals surface area contributed by atoms with Crippen molar-refractivity contribution in [2.45, 2.75) is 25.6 Å². The van der Waals surface area contributed by atoms with Crippen molar-refractivity contribution in [3.63, 3.8) is 0 Å². The average Bonchev–Trinajstić information content (AvgIpc) is 2.06. The summed E-state index contributed by atoms with van der Waals surface area (Å²) in [6.45, 7) is 0.949. The molecule has 1 N–H and O–H groups in total. The van der Waals surface area contributed by atoms with E-state index in [1.165, 1.54) is 18.5 Å². The third kappa shape index (κ3) is 1.16. The normalized spacial score (nSPS) is 29.7. The number of hydrogen-bond acceptors (Lipinski definition) is 3. The molecule has 0 saturated carbocycles. The molecular weight excluding hydrogens is 140 g/mol. The molecule has 2 rings (SSSR count). The lowest BCUT2D eigenvalue weighted by Gasteiger charge is -2.35. The molecule has 0 spiro atoms. The zero-order valence-corrected chi connectivity index (χ0v) is 6.40. The molecule has 0 aliphatic carbocycles. The maximum absolute atomic E-state index is 9.39. The number of nitrogens with zero attached hydrogens (tertiary/aromatic N) is 2. The summed E-state index contributed by atoms with van der Waals surface area (Å²) >= 11 is 0. The zero-order chi connectivity index (χ0) is 7.68. The third-order valence-corrected chi connectivity index (χ3v) is 2.22. The van der Waals surface area contributed by atoms with Crippen molar-refractivity contribution >= 4 is 6.21 Å². The summed E-state index contributed by atoms with van der Waals surface area (Å²) in [5, 5.41) is 9.39. The number of hydrogen-bond donors (Lipinski definition) is 1. The SMILES string of the molecule is OC1N=CC=C2CCCCN21. The van der Waals surface area contributed by atoms with Gasteiger partial charge in [0.25, 0.3) is 0 Å². The highest BCUT2D eigenvalue weighted by Gasteiger charge is 2.21. The van der Waals surface area contributed by atoms with Crippen LogP contribution in [-0.4, -0.2) is 29.1 Å². The Kier molecular flexibility index (Phi) is 1.66. The van der Waals surface area contributed by atoms with Crippen LogP contribution in [0.25, 0.3) is 0 Å². The molecule has 60 valence electrons. The van der Waals surface area contributed by atoms with Gasteiger partial charge in [0.1, 0.15) is 0 Å². The van der Waals surface area contributed by atoms with Gasteiger partial charge in [0.15, 0.2) is 0 Å². The Hall–Kier alpha value is -0.830. The molecule has 1 atom stereocenters. The first-order chi connectivity index (χ1) is 5.38. The Morgan fingerprint density at radius 3 is 3.27 bits per heavy atom. The Labute approximate surface area is 66.0 Å². The van der Waals surface area contributed by atoms with Gasteiger partial charge in [-0.3, -0.25) is 0 Å². The van der Waals surface area contributed by atoms with Gasteiger partial charge in [-0.1, -0.05) is 0 Å². The number of rotatable bonds is 0. The van der Waals surface area contributed by atoms with Crippen LogP contribution in [0.4, 0.5) is 0 Å². The average molecular weight is 152 g/mol. The molecule has 2 aliphatic rings. The predicted molar refractivity (Wildman–Crippen MR) is 43.1 cm³/mol. The van der Waals surface area contributed by atoms with Crippen molar-refractivity contribution in [3.05, 3.63) is 11.8 Å². The van der Waals surface area contributed by atoms with E-state index in [-0.39, 0.29) is 0 Å². The Bertz CT molecular complexity index is 210. The number of aliphatic hydroxyl groups is 1. The fourth-order valence-corrected chi connectivity index (χ4v) is 1.60. The van der Waals surface area contributed by atoms with Crippen LogP contribution in [-0.2, 0) is 0 Å². The van der Waals surface area contributed by atoms with Crippen molar-refractivity contribution in [2.75, 3.05) is 6.54 Å². The molecule has 2 aliphatic heterocycles. The number of fused-ring (bicyclic) bond motifs is 1. The largest absolute Gasteiger partial charge is 0.355 e. The standard InChI is InChI=1S/C8H12N2O/c11-8-9-5-4-7-3-1-2-6-10(7)8/h4-5,8,11H,1-3,6H2. The van der Waals surface area contributed by atoms with E-state index in [0.29, 0.717) is 0 Å². The molecule has 3 nitrogen and oxygen atoms in total. The first-order valence-corrected chi connectivity index (χ1v) is 4.05. The quantitative estimate of drug-likeness (QED) is 0.555. The number of aliphatic imine (C=N–C) groups is 1. The molecule has 1 unspecified atom stereocenters. The van der Waals surface area contributed by atoms with Crippen molar-refractivity contribution in [1.82, 2.24) is 4.90 Å². The van der Waals surface area contributed by atoms with Gasteiger partial charge in [0.05, 0.1) is 0 Å². The van der Waals surface area contributed by atoms with Crippen LogP contribution in [0.5, 0.6) is 0 Å². The minimum Gasteiger partial charge on any atom is -0.355 e. The predicted octanol–water partition coefficient (Wildman–Crippen LogP) is 0.717. The second-order valence-electron chi connectivity index (χ2n) is 2.95. The summed E-state index contributed by atoms with van der Waals surface area (Å²) in [4.78, 5) is 5.86. The van der Waals surface area contributed by atoms with Crippen LogP contribution in [0.1, 0.15) is 19.3 Å². The van der Waals surface area contributed by atoms with Crippen molar-refractivity contribution in [1.29, 1.82) is 0 Å². The summed E-state index contributed by atoms with van der Waals surface area (Å²) in [6, 6.07) is 0. The summed E-state index contributed by atoms with van der Waals surface area (Å²) in [5.41, 5.74) is 1.23. The molecule has 0 radical (unpaired) electrons. The van der Waals surface area contributed by atoms with Crippen LogP contribution in [0.3, 0.4) is 0 Å². The van der Waals surface area contributed by atoms with Gasteiger partial charge in [0.2, 0.25) is 6.35 Å². The van der Waals surface area contributed by atoms with Gasteiger partial charge >= 0.3 is 0 Å². The van der Waals surface area contributed by atoms with Crippen LogP contribution < -0.4 is 0 Å². The van der Waals surface area contributed by atoms with Crippen LogP contribution in [0.15, 0.2) is 16.8 Å². The second kappa shape index (κ2) is 2.66. The summed E-state index contributed by atoms with van der Waals surface area (Å²) in [5.74, 6) is 0. The smallest absolute Gasteiger partial charge is 0.225 e.